The first-order valence-electron chi connectivity index (χ1n) is 6.70. The number of nitro groups is 1. The summed E-state index contributed by atoms with van der Waals surface area (Å²) in [7, 11) is 2.00. The van der Waals surface area contributed by atoms with E-state index in [9.17, 15) is 10.1 Å². The van der Waals surface area contributed by atoms with Crippen molar-refractivity contribution in [2.75, 3.05) is 0 Å². The fraction of sp³-hybridized carbons (Fsp3) is 0.188. The van der Waals surface area contributed by atoms with Crippen molar-refractivity contribution in [3.05, 3.63) is 69.5 Å². The summed E-state index contributed by atoms with van der Waals surface area (Å²) in [6, 6.07) is 12.8. The number of para-hydroxylation sites is 1. The number of rotatable bonds is 3. The highest BCUT2D eigenvalue weighted by Gasteiger charge is 2.10. The zero-order valence-corrected chi connectivity index (χ0v) is 11.9. The van der Waals surface area contributed by atoms with Crippen LogP contribution < -0.4 is 0 Å². The third-order valence-electron chi connectivity index (χ3n) is 3.76. The first-order valence-corrected chi connectivity index (χ1v) is 6.70. The summed E-state index contributed by atoms with van der Waals surface area (Å²) in [5.41, 5.74) is 4.38. The average molecular weight is 281 g/mol. The maximum Gasteiger partial charge on any atom is 0.269 e. The molecule has 0 unspecified atom stereocenters. The zero-order chi connectivity index (χ0) is 15.0. The van der Waals surface area contributed by atoms with E-state index in [2.05, 4.69) is 21.7 Å². The van der Waals surface area contributed by atoms with E-state index in [-0.39, 0.29) is 10.6 Å². The van der Waals surface area contributed by atoms with Crippen LogP contribution in [0, 0.1) is 17.0 Å². The number of hydrogen-bond donors (Lipinski definition) is 0. The lowest BCUT2D eigenvalue weighted by atomic mass is 10.0. The van der Waals surface area contributed by atoms with Crippen molar-refractivity contribution in [1.82, 2.24) is 9.55 Å². The van der Waals surface area contributed by atoms with Gasteiger partial charge >= 0.3 is 0 Å². The molecule has 1 aromatic heterocycles. The maximum atomic E-state index is 10.7. The zero-order valence-electron chi connectivity index (χ0n) is 11.9. The Morgan fingerprint density at radius 1 is 1.19 bits per heavy atom. The fourth-order valence-corrected chi connectivity index (χ4v) is 2.49. The summed E-state index contributed by atoms with van der Waals surface area (Å²) < 4.78 is 2.06. The van der Waals surface area contributed by atoms with E-state index < -0.39 is 0 Å². The smallest absolute Gasteiger partial charge is 0.269 e. The monoisotopic (exact) mass is 281 g/mol. The minimum atomic E-state index is -0.382. The summed E-state index contributed by atoms with van der Waals surface area (Å²) in [6.45, 7) is 1.98. The molecule has 0 atom stereocenters. The van der Waals surface area contributed by atoms with Crippen LogP contribution in [0.3, 0.4) is 0 Å². The van der Waals surface area contributed by atoms with Gasteiger partial charge in [0.25, 0.3) is 5.69 Å². The summed E-state index contributed by atoms with van der Waals surface area (Å²) in [5, 5.41) is 10.7. The fourth-order valence-electron chi connectivity index (χ4n) is 2.49. The van der Waals surface area contributed by atoms with E-state index in [1.807, 2.05) is 20.0 Å². The highest BCUT2D eigenvalue weighted by Crippen LogP contribution is 2.22. The molecule has 0 bridgehead atoms. The van der Waals surface area contributed by atoms with Crippen LogP contribution in [0.2, 0.25) is 0 Å². The number of nitro benzene ring substituents is 1. The standard InChI is InChI=1S/C16H15N3O2/c1-11-17-16-13(4-3-5-15(16)18(11)2)10-12-6-8-14(9-7-12)19(20)21/h3-9H,10H2,1-2H3. The van der Waals surface area contributed by atoms with E-state index in [1.54, 1.807) is 24.3 Å². The van der Waals surface area contributed by atoms with Crippen LogP contribution in [-0.4, -0.2) is 14.5 Å². The molecule has 106 valence electrons. The van der Waals surface area contributed by atoms with Gasteiger partial charge in [0.2, 0.25) is 0 Å². The third kappa shape index (κ3) is 2.38. The molecule has 3 rings (SSSR count). The Labute approximate surface area is 122 Å². The van der Waals surface area contributed by atoms with Crippen LogP contribution in [0.5, 0.6) is 0 Å². The minimum Gasteiger partial charge on any atom is -0.331 e. The number of imidazole rings is 1. The molecule has 5 heteroatoms. The van der Waals surface area contributed by atoms with Gasteiger partial charge in [-0.2, -0.15) is 0 Å². The van der Waals surface area contributed by atoms with E-state index in [0.29, 0.717) is 6.42 Å². The van der Waals surface area contributed by atoms with Crippen LogP contribution in [0.4, 0.5) is 5.69 Å². The molecule has 1 heterocycles. The highest BCUT2D eigenvalue weighted by atomic mass is 16.6. The highest BCUT2D eigenvalue weighted by molar-refractivity contribution is 5.80. The minimum absolute atomic E-state index is 0.116. The third-order valence-corrected chi connectivity index (χ3v) is 3.76. The molecule has 0 saturated heterocycles. The molecule has 0 aliphatic heterocycles. The SMILES string of the molecule is Cc1nc2c(Cc3ccc([N+](=O)[O-])cc3)cccc2n1C. The number of aromatic nitrogens is 2. The predicted octanol–water partition coefficient (Wildman–Crippen LogP) is 3.38. The molecule has 0 saturated carbocycles. The molecule has 2 aromatic carbocycles. The van der Waals surface area contributed by atoms with E-state index in [1.165, 1.54) is 0 Å². The van der Waals surface area contributed by atoms with Crippen molar-refractivity contribution in [1.29, 1.82) is 0 Å². The van der Waals surface area contributed by atoms with Gasteiger partial charge in [-0.25, -0.2) is 4.98 Å². The molecule has 0 fully saturated rings. The van der Waals surface area contributed by atoms with Gasteiger partial charge in [0, 0.05) is 19.2 Å². The molecule has 3 aromatic rings. The second kappa shape index (κ2) is 5.01. The lowest BCUT2D eigenvalue weighted by Crippen LogP contribution is -1.92. The molecular weight excluding hydrogens is 266 g/mol. The summed E-state index contributed by atoms with van der Waals surface area (Å²) in [5.74, 6) is 0.973. The molecular formula is C16H15N3O2. The number of aryl methyl sites for hydroxylation is 2. The number of fused-ring (bicyclic) bond motifs is 1. The quantitative estimate of drug-likeness (QED) is 0.546. The average Bonchev–Trinajstić information content (AvgIpc) is 2.77. The maximum absolute atomic E-state index is 10.7. The number of benzene rings is 2. The molecule has 0 radical (unpaired) electrons. The van der Waals surface area contributed by atoms with E-state index in [4.69, 9.17) is 0 Å². The van der Waals surface area contributed by atoms with Gasteiger partial charge in [-0.3, -0.25) is 10.1 Å². The van der Waals surface area contributed by atoms with Gasteiger partial charge in [-0.05, 0) is 30.5 Å². The molecule has 0 aliphatic carbocycles. The second-order valence-electron chi connectivity index (χ2n) is 5.10. The Morgan fingerprint density at radius 3 is 2.57 bits per heavy atom. The topological polar surface area (TPSA) is 61.0 Å². The molecule has 0 N–H and O–H groups in total. The molecule has 21 heavy (non-hydrogen) atoms. The largest absolute Gasteiger partial charge is 0.331 e. The Bertz CT molecular complexity index is 819. The van der Waals surface area contributed by atoms with Crippen LogP contribution >= 0.6 is 0 Å². The Balaban J connectivity index is 1.98. The predicted molar refractivity (Wildman–Crippen MR) is 81.4 cm³/mol. The summed E-state index contributed by atoms with van der Waals surface area (Å²) in [6.07, 6.45) is 0.714. The summed E-state index contributed by atoms with van der Waals surface area (Å²) >= 11 is 0. The number of non-ortho nitro benzene ring substituents is 1. The van der Waals surface area contributed by atoms with E-state index in [0.717, 1.165) is 28.0 Å². The lowest BCUT2D eigenvalue weighted by molar-refractivity contribution is -0.384. The van der Waals surface area contributed by atoms with Gasteiger partial charge in [0.1, 0.15) is 5.82 Å². The molecule has 0 aliphatic rings. The van der Waals surface area contributed by atoms with Gasteiger partial charge in [-0.1, -0.05) is 24.3 Å². The van der Waals surface area contributed by atoms with Crippen molar-refractivity contribution in [2.45, 2.75) is 13.3 Å². The van der Waals surface area contributed by atoms with Gasteiger partial charge in [0.15, 0.2) is 0 Å². The van der Waals surface area contributed by atoms with Crippen LogP contribution in [0.15, 0.2) is 42.5 Å². The van der Waals surface area contributed by atoms with Gasteiger partial charge < -0.3 is 4.57 Å². The Kier molecular flexibility index (Phi) is 3.17. The lowest BCUT2D eigenvalue weighted by Gasteiger charge is -2.03. The Hall–Kier alpha value is -2.69. The molecule has 0 amide bonds. The van der Waals surface area contributed by atoms with Crippen molar-refractivity contribution < 1.29 is 4.92 Å². The normalized spacial score (nSPS) is 11.0. The first kappa shape index (κ1) is 13.3. The van der Waals surface area contributed by atoms with Gasteiger partial charge in [-0.15, -0.1) is 0 Å². The number of nitrogens with zero attached hydrogens (tertiary/aromatic N) is 3. The Morgan fingerprint density at radius 2 is 1.90 bits per heavy atom. The first-order chi connectivity index (χ1) is 10.1. The van der Waals surface area contributed by atoms with Crippen molar-refractivity contribution >= 4 is 16.7 Å². The van der Waals surface area contributed by atoms with E-state index >= 15 is 0 Å². The number of hydrogen-bond acceptors (Lipinski definition) is 3. The van der Waals surface area contributed by atoms with Crippen LogP contribution in [-0.2, 0) is 13.5 Å². The molecule has 0 spiro atoms. The van der Waals surface area contributed by atoms with Crippen LogP contribution in [0.1, 0.15) is 17.0 Å². The molecule has 5 nitrogen and oxygen atoms in total. The van der Waals surface area contributed by atoms with Crippen LogP contribution in [0.25, 0.3) is 11.0 Å². The van der Waals surface area contributed by atoms with Crippen molar-refractivity contribution in [3.63, 3.8) is 0 Å². The van der Waals surface area contributed by atoms with Crippen molar-refractivity contribution in [3.8, 4) is 0 Å². The second-order valence-corrected chi connectivity index (χ2v) is 5.10. The van der Waals surface area contributed by atoms with Crippen molar-refractivity contribution in [2.24, 2.45) is 7.05 Å². The van der Waals surface area contributed by atoms with Gasteiger partial charge in [0.05, 0.1) is 16.0 Å². The summed E-state index contributed by atoms with van der Waals surface area (Å²) in [4.78, 5) is 14.9.